The van der Waals surface area contributed by atoms with Crippen molar-refractivity contribution in [3.8, 4) is 5.75 Å². The summed E-state index contributed by atoms with van der Waals surface area (Å²) in [6.07, 6.45) is 1.09. The normalized spacial score (nSPS) is 10.2. The van der Waals surface area contributed by atoms with Crippen molar-refractivity contribution in [1.29, 1.82) is 0 Å². The van der Waals surface area contributed by atoms with E-state index in [-0.39, 0.29) is 5.82 Å². The summed E-state index contributed by atoms with van der Waals surface area (Å²) in [5.41, 5.74) is 1.42. The standard InChI is InChI=1S/C13H14ClFN4O/c1-7-4-10(11(20-3)5-8(7)14)18-12-9(15)6-17-13(16-2)19-12/h4-6H,1-3H3,(H2,16,17,18,19). The van der Waals surface area contributed by atoms with E-state index in [4.69, 9.17) is 16.3 Å². The molecule has 1 aromatic carbocycles. The minimum absolute atomic E-state index is 0.0596. The molecule has 0 spiro atoms. The van der Waals surface area contributed by atoms with Crippen LogP contribution in [-0.2, 0) is 0 Å². The highest BCUT2D eigenvalue weighted by Gasteiger charge is 2.11. The number of halogens is 2. The van der Waals surface area contributed by atoms with E-state index in [9.17, 15) is 4.39 Å². The zero-order valence-corrected chi connectivity index (χ0v) is 12.0. The number of hydrogen-bond donors (Lipinski definition) is 2. The predicted molar refractivity (Wildman–Crippen MR) is 77.6 cm³/mol. The molecule has 2 rings (SSSR count). The summed E-state index contributed by atoms with van der Waals surface area (Å²) in [7, 11) is 3.17. The molecule has 2 aromatic rings. The molecule has 0 saturated carbocycles. The third-order valence-electron chi connectivity index (χ3n) is 2.70. The van der Waals surface area contributed by atoms with Crippen LogP contribution in [0, 0.1) is 12.7 Å². The van der Waals surface area contributed by atoms with E-state index < -0.39 is 5.82 Å². The van der Waals surface area contributed by atoms with Crippen LogP contribution in [0.5, 0.6) is 5.75 Å². The molecule has 0 saturated heterocycles. The van der Waals surface area contributed by atoms with Crippen molar-refractivity contribution < 1.29 is 9.13 Å². The lowest BCUT2D eigenvalue weighted by atomic mass is 10.2. The summed E-state index contributed by atoms with van der Waals surface area (Å²) in [5, 5.41) is 6.21. The van der Waals surface area contributed by atoms with Gasteiger partial charge >= 0.3 is 0 Å². The molecule has 1 aromatic heterocycles. The van der Waals surface area contributed by atoms with Crippen LogP contribution >= 0.6 is 11.6 Å². The Balaban J connectivity index is 2.41. The van der Waals surface area contributed by atoms with E-state index in [1.807, 2.05) is 6.92 Å². The highest BCUT2D eigenvalue weighted by Crippen LogP contribution is 2.33. The van der Waals surface area contributed by atoms with Crippen molar-refractivity contribution in [2.45, 2.75) is 6.92 Å². The van der Waals surface area contributed by atoms with Gasteiger partial charge < -0.3 is 15.4 Å². The molecule has 0 aliphatic carbocycles. The first-order valence-electron chi connectivity index (χ1n) is 5.86. The van der Waals surface area contributed by atoms with Crippen LogP contribution in [0.15, 0.2) is 18.3 Å². The van der Waals surface area contributed by atoms with Gasteiger partial charge in [0.25, 0.3) is 0 Å². The van der Waals surface area contributed by atoms with E-state index in [0.29, 0.717) is 22.4 Å². The molecule has 0 unspecified atom stereocenters. The van der Waals surface area contributed by atoms with E-state index in [1.54, 1.807) is 19.2 Å². The smallest absolute Gasteiger partial charge is 0.224 e. The number of hydrogen-bond acceptors (Lipinski definition) is 5. The Kier molecular flexibility index (Phi) is 4.24. The number of anilines is 3. The van der Waals surface area contributed by atoms with Gasteiger partial charge in [-0.2, -0.15) is 4.98 Å². The molecule has 2 N–H and O–H groups in total. The molecule has 0 amide bonds. The van der Waals surface area contributed by atoms with E-state index in [1.165, 1.54) is 7.11 Å². The summed E-state index contributed by atoms with van der Waals surface area (Å²) in [6, 6.07) is 3.43. The van der Waals surface area contributed by atoms with Gasteiger partial charge in [-0.15, -0.1) is 0 Å². The average molecular weight is 297 g/mol. The van der Waals surface area contributed by atoms with Gasteiger partial charge in [-0.1, -0.05) is 11.6 Å². The monoisotopic (exact) mass is 296 g/mol. The molecule has 20 heavy (non-hydrogen) atoms. The van der Waals surface area contributed by atoms with Crippen LogP contribution in [0.2, 0.25) is 5.02 Å². The second-order valence-electron chi connectivity index (χ2n) is 4.07. The molecule has 0 bridgehead atoms. The van der Waals surface area contributed by atoms with Crippen molar-refractivity contribution in [2.24, 2.45) is 0 Å². The van der Waals surface area contributed by atoms with Gasteiger partial charge in [0, 0.05) is 18.1 Å². The minimum Gasteiger partial charge on any atom is -0.495 e. The number of aromatic nitrogens is 2. The lowest BCUT2D eigenvalue weighted by Crippen LogP contribution is -2.04. The lowest BCUT2D eigenvalue weighted by Gasteiger charge is -2.13. The summed E-state index contributed by atoms with van der Waals surface area (Å²) in [6.45, 7) is 1.85. The largest absolute Gasteiger partial charge is 0.495 e. The fraction of sp³-hybridized carbons (Fsp3) is 0.231. The Morgan fingerprint density at radius 1 is 1.35 bits per heavy atom. The first kappa shape index (κ1) is 14.3. The van der Waals surface area contributed by atoms with Crippen LogP contribution in [0.3, 0.4) is 0 Å². The molecule has 7 heteroatoms. The Labute approximate surface area is 121 Å². The second kappa shape index (κ2) is 5.92. The minimum atomic E-state index is -0.557. The number of ether oxygens (including phenoxy) is 1. The van der Waals surface area contributed by atoms with Crippen molar-refractivity contribution in [2.75, 3.05) is 24.8 Å². The van der Waals surface area contributed by atoms with Gasteiger partial charge in [-0.25, -0.2) is 9.37 Å². The Hall–Kier alpha value is -2.08. The van der Waals surface area contributed by atoms with Crippen molar-refractivity contribution >= 4 is 29.1 Å². The molecule has 0 aliphatic rings. The molecular weight excluding hydrogens is 283 g/mol. The Bertz CT molecular complexity index is 636. The van der Waals surface area contributed by atoms with Crippen LogP contribution in [0.4, 0.5) is 21.8 Å². The first-order chi connectivity index (χ1) is 9.55. The fourth-order valence-corrected chi connectivity index (χ4v) is 1.79. The SMILES string of the molecule is CNc1ncc(F)c(Nc2cc(C)c(Cl)cc2OC)n1. The number of rotatable bonds is 4. The van der Waals surface area contributed by atoms with Crippen molar-refractivity contribution in [1.82, 2.24) is 9.97 Å². The van der Waals surface area contributed by atoms with Crippen molar-refractivity contribution in [3.63, 3.8) is 0 Å². The van der Waals surface area contributed by atoms with E-state index in [2.05, 4.69) is 20.6 Å². The van der Waals surface area contributed by atoms with Crippen LogP contribution in [0.25, 0.3) is 0 Å². The molecule has 5 nitrogen and oxygen atoms in total. The maximum atomic E-state index is 13.7. The number of nitrogens with one attached hydrogen (secondary N) is 2. The third-order valence-corrected chi connectivity index (χ3v) is 3.11. The Morgan fingerprint density at radius 3 is 2.75 bits per heavy atom. The summed E-state index contributed by atoms with van der Waals surface area (Å²) < 4.78 is 18.9. The van der Waals surface area contributed by atoms with Gasteiger partial charge in [0.1, 0.15) is 5.75 Å². The van der Waals surface area contributed by atoms with E-state index in [0.717, 1.165) is 11.8 Å². The number of nitrogens with zero attached hydrogens (tertiary/aromatic N) is 2. The summed E-state index contributed by atoms with van der Waals surface area (Å²) in [5.74, 6) is 0.325. The number of benzene rings is 1. The van der Waals surface area contributed by atoms with Gasteiger partial charge in [0.15, 0.2) is 11.6 Å². The van der Waals surface area contributed by atoms with Crippen LogP contribution in [0.1, 0.15) is 5.56 Å². The average Bonchev–Trinajstić information content (AvgIpc) is 2.44. The zero-order chi connectivity index (χ0) is 14.7. The summed E-state index contributed by atoms with van der Waals surface area (Å²) in [4.78, 5) is 7.80. The quantitative estimate of drug-likeness (QED) is 0.906. The van der Waals surface area contributed by atoms with Gasteiger partial charge in [-0.3, -0.25) is 0 Å². The molecule has 0 radical (unpaired) electrons. The van der Waals surface area contributed by atoms with Crippen molar-refractivity contribution in [3.05, 3.63) is 34.7 Å². The maximum Gasteiger partial charge on any atom is 0.224 e. The molecular formula is C13H14ClFN4O. The first-order valence-corrected chi connectivity index (χ1v) is 6.24. The predicted octanol–water partition coefficient (Wildman–Crippen LogP) is 3.37. The molecule has 0 atom stereocenters. The number of methoxy groups -OCH3 is 1. The van der Waals surface area contributed by atoms with Gasteiger partial charge in [0.05, 0.1) is 19.0 Å². The van der Waals surface area contributed by atoms with E-state index >= 15 is 0 Å². The van der Waals surface area contributed by atoms with Gasteiger partial charge in [-0.05, 0) is 18.6 Å². The zero-order valence-electron chi connectivity index (χ0n) is 11.3. The summed E-state index contributed by atoms with van der Waals surface area (Å²) >= 11 is 6.03. The highest BCUT2D eigenvalue weighted by atomic mass is 35.5. The van der Waals surface area contributed by atoms with Crippen LogP contribution in [-0.4, -0.2) is 24.1 Å². The van der Waals surface area contributed by atoms with Crippen LogP contribution < -0.4 is 15.4 Å². The molecule has 1 heterocycles. The fourth-order valence-electron chi connectivity index (χ4n) is 1.63. The Morgan fingerprint density at radius 2 is 2.10 bits per heavy atom. The third kappa shape index (κ3) is 2.91. The topological polar surface area (TPSA) is 59.1 Å². The highest BCUT2D eigenvalue weighted by molar-refractivity contribution is 6.31. The maximum absolute atomic E-state index is 13.7. The molecule has 0 aliphatic heterocycles. The van der Waals surface area contributed by atoms with Gasteiger partial charge in [0.2, 0.25) is 5.95 Å². The number of aryl methyl sites for hydroxylation is 1. The lowest BCUT2D eigenvalue weighted by molar-refractivity contribution is 0.416. The second-order valence-corrected chi connectivity index (χ2v) is 4.47. The molecule has 0 fully saturated rings. The molecule has 106 valence electrons.